The van der Waals surface area contributed by atoms with Gasteiger partial charge in [0.05, 0.1) is 25.7 Å². The molecule has 7 nitrogen and oxygen atoms in total. The zero-order chi connectivity index (χ0) is 21.9. The van der Waals surface area contributed by atoms with Crippen molar-refractivity contribution in [1.82, 2.24) is 0 Å². The van der Waals surface area contributed by atoms with E-state index < -0.39 is 0 Å². The minimum absolute atomic E-state index is 0. The summed E-state index contributed by atoms with van der Waals surface area (Å²) in [7, 11) is 4.25. The van der Waals surface area contributed by atoms with E-state index in [1.165, 1.54) is 0 Å². The van der Waals surface area contributed by atoms with Crippen molar-refractivity contribution in [3.05, 3.63) is 48.5 Å². The van der Waals surface area contributed by atoms with E-state index in [-0.39, 0.29) is 29.1 Å². The summed E-state index contributed by atoms with van der Waals surface area (Å²) in [4.78, 5) is 6.04. The summed E-state index contributed by atoms with van der Waals surface area (Å²) >= 11 is 6.82. The predicted octanol–water partition coefficient (Wildman–Crippen LogP) is 4.33. The molecule has 0 amide bonds. The first-order chi connectivity index (χ1) is 13.4. The van der Waals surface area contributed by atoms with E-state index in [9.17, 15) is 0 Å². The number of anilines is 1. The van der Waals surface area contributed by atoms with Gasteiger partial charge in [-0.2, -0.15) is 0 Å². The number of aliphatic hydroxyl groups is 1. The van der Waals surface area contributed by atoms with Crippen LogP contribution in [0.2, 0.25) is 0 Å². The lowest BCUT2D eigenvalue weighted by Crippen LogP contribution is -2.18. The van der Waals surface area contributed by atoms with Gasteiger partial charge in [-0.05, 0) is 72.6 Å². The molecular weight excluding hydrogens is 618 g/mol. The lowest BCUT2D eigenvalue weighted by Gasteiger charge is -2.04. The monoisotopic (exact) mass is 648 g/mol. The number of aliphatic hydroxyl groups excluding tert-OH is 1. The maximum Gasteiger partial charge on any atom is 0.168 e. The number of hydrogen-bond acceptors (Lipinski definition) is 5. The highest BCUT2D eigenvalue weighted by molar-refractivity contribution is 14.1. The van der Waals surface area contributed by atoms with Gasteiger partial charge < -0.3 is 31.4 Å². The van der Waals surface area contributed by atoms with Crippen molar-refractivity contribution in [2.45, 2.75) is 6.92 Å². The minimum Gasteiger partial charge on any atom is -0.497 e. The van der Waals surface area contributed by atoms with Crippen LogP contribution in [0.1, 0.15) is 6.92 Å². The standard InChI is InChI=1S/C9H12N2O.C8H10N2OS.CH3I.CH4O.HI/c1-7(10)11-8-3-5-9(12-2)6-4-8;1-11-7-4-2-6(3-5-7)10-8(9)12;2*1-2;/h3-6H,1-2H3,(H2,10,11);2-5H,1H3,(H3,9,10,12);1H3;2H,1H3;1H. The molecule has 0 aliphatic carbocycles. The third-order valence-corrected chi connectivity index (χ3v) is 2.84. The average molecular weight is 648 g/mol. The number of methoxy groups -OCH3 is 2. The Kier molecular flexibility index (Phi) is 23.8. The lowest BCUT2D eigenvalue weighted by molar-refractivity contribution is 0.399. The first kappa shape index (κ1) is 32.3. The second-order valence-corrected chi connectivity index (χ2v) is 5.11. The summed E-state index contributed by atoms with van der Waals surface area (Å²) in [5.41, 5.74) is 12.4. The summed E-state index contributed by atoms with van der Waals surface area (Å²) in [5, 5.41) is 10.1. The van der Waals surface area contributed by atoms with Gasteiger partial charge in [0.15, 0.2) is 5.11 Å². The maximum absolute atomic E-state index is 7.00. The van der Waals surface area contributed by atoms with E-state index >= 15 is 0 Å². The average Bonchev–Trinajstić information content (AvgIpc) is 2.72. The van der Waals surface area contributed by atoms with Crippen LogP contribution in [0.4, 0.5) is 11.4 Å². The molecule has 0 atom stereocenters. The van der Waals surface area contributed by atoms with Crippen molar-refractivity contribution in [2.75, 3.05) is 31.6 Å². The van der Waals surface area contributed by atoms with E-state index in [1.807, 2.05) is 53.5 Å². The van der Waals surface area contributed by atoms with E-state index in [0.29, 0.717) is 5.84 Å². The Balaban J connectivity index is -0.000000386. The maximum atomic E-state index is 7.00. The fourth-order valence-electron chi connectivity index (χ4n) is 1.68. The van der Waals surface area contributed by atoms with Gasteiger partial charge in [0, 0.05) is 12.8 Å². The molecule has 2 rings (SSSR count). The summed E-state index contributed by atoms with van der Waals surface area (Å²) in [6, 6.07) is 14.8. The smallest absolute Gasteiger partial charge is 0.168 e. The van der Waals surface area contributed by atoms with Crippen molar-refractivity contribution in [1.29, 1.82) is 0 Å². The molecule has 2 aromatic carbocycles. The molecule has 0 saturated heterocycles. The highest BCUT2D eigenvalue weighted by atomic mass is 127. The van der Waals surface area contributed by atoms with Crippen molar-refractivity contribution in [2.24, 2.45) is 16.5 Å². The number of ether oxygens (including phenoxy) is 2. The van der Waals surface area contributed by atoms with Crippen LogP contribution in [0, 0.1) is 0 Å². The number of halogens is 2. The van der Waals surface area contributed by atoms with Crippen LogP contribution in [0.3, 0.4) is 0 Å². The molecule has 0 radical (unpaired) electrons. The SMILES string of the molecule is CI.CO.COc1ccc(N=C(C)N)cc1.COc1ccc(NC(N)=S)cc1.I. The van der Waals surface area contributed by atoms with Crippen molar-refractivity contribution in [3.8, 4) is 11.5 Å². The molecule has 0 aromatic heterocycles. The molecular formula is C19H30I2N4O3S. The first-order valence-corrected chi connectivity index (χ1v) is 10.5. The minimum atomic E-state index is 0. The molecule has 6 N–H and O–H groups in total. The topological polar surface area (TPSA) is 115 Å². The number of rotatable bonds is 4. The molecule has 2 aromatic rings. The molecule has 10 heteroatoms. The molecule has 164 valence electrons. The van der Waals surface area contributed by atoms with Crippen LogP contribution in [-0.4, -0.2) is 42.3 Å². The summed E-state index contributed by atoms with van der Waals surface area (Å²) in [6.07, 6.45) is 0. The molecule has 29 heavy (non-hydrogen) atoms. The quantitative estimate of drug-likeness (QED) is 0.128. The number of hydrogen-bond donors (Lipinski definition) is 4. The van der Waals surface area contributed by atoms with Crippen LogP contribution < -0.4 is 26.3 Å². The number of nitrogens with two attached hydrogens (primary N) is 2. The number of benzene rings is 2. The second-order valence-electron chi connectivity index (χ2n) is 4.67. The largest absolute Gasteiger partial charge is 0.497 e. The van der Waals surface area contributed by atoms with Crippen LogP contribution in [0.15, 0.2) is 53.5 Å². The summed E-state index contributed by atoms with van der Waals surface area (Å²) in [6.45, 7) is 1.75. The van der Waals surface area contributed by atoms with Crippen molar-refractivity contribution < 1.29 is 14.6 Å². The zero-order valence-corrected chi connectivity index (χ0v) is 22.5. The third kappa shape index (κ3) is 17.2. The van der Waals surface area contributed by atoms with Gasteiger partial charge in [-0.1, -0.05) is 22.6 Å². The van der Waals surface area contributed by atoms with E-state index in [4.69, 9.17) is 26.0 Å². The molecule has 0 saturated carbocycles. The predicted molar refractivity (Wildman–Crippen MR) is 147 cm³/mol. The lowest BCUT2D eigenvalue weighted by atomic mass is 10.3. The highest BCUT2D eigenvalue weighted by Crippen LogP contribution is 2.17. The number of amidine groups is 1. The molecule has 0 heterocycles. The molecule has 0 aliphatic heterocycles. The Labute approximate surface area is 209 Å². The molecule has 0 bridgehead atoms. The Morgan fingerprint density at radius 2 is 1.31 bits per heavy atom. The summed E-state index contributed by atoms with van der Waals surface area (Å²) < 4.78 is 9.98. The summed E-state index contributed by atoms with van der Waals surface area (Å²) in [5.74, 6) is 2.19. The normalized spacial score (nSPS) is 8.86. The van der Waals surface area contributed by atoms with E-state index in [2.05, 4.69) is 45.1 Å². The third-order valence-electron chi connectivity index (χ3n) is 2.74. The fourth-order valence-corrected chi connectivity index (χ4v) is 1.79. The van der Waals surface area contributed by atoms with E-state index in [0.717, 1.165) is 30.0 Å². The number of thiocarbonyl (C=S) groups is 1. The Morgan fingerprint density at radius 3 is 1.62 bits per heavy atom. The molecule has 0 fully saturated rings. The van der Waals surface area contributed by atoms with Gasteiger partial charge in [-0.15, -0.1) is 24.0 Å². The Bertz CT molecular complexity index is 681. The molecule has 0 aliphatic rings. The Morgan fingerprint density at radius 1 is 0.931 bits per heavy atom. The highest BCUT2D eigenvalue weighted by Gasteiger charge is 1.93. The fraction of sp³-hybridized carbons (Fsp3) is 0.263. The van der Waals surface area contributed by atoms with Crippen molar-refractivity contribution >= 4 is 81.1 Å². The van der Waals surface area contributed by atoms with Crippen LogP contribution >= 0.6 is 58.8 Å². The Hall–Kier alpha value is -1.38. The van der Waals surface area contributed by atoms with Gasteiger partial charge in [0.1, 0.15) is 11.5 Å². The van der Waals surface area contributed by atoms with Gasteiger partial charge in [0.25, 0.3) is 0 Å². The molecule has 0 unspecified atom stereocenters. The van der Waals surface area contributed by atoms with Gasteiger partial charge >= 0.3 is 0 Å². The number of nitrogens with zero attached hydrogens (tertiary/aromatic N) is 1. The first-order valence-electron chi connectivity index (χ1n) is 7.92. The number of nitrogens with one attached hydrogen (secondary N) is 1. The number of aliphatic imine (C=N–C) groups is 1. The van der Waals surface area contributed by atoms with Crippen LogP contribution in [0.25, 0.3) is 0 Å². The van der Waals surface area contributed by atoms with E-state index in [1.54, 1.807) is 21.1 Å². The molecule has 0 spiro atoms. The second kappa shape index (κ2) is 21.3. The zero-order valence-electron chi connectivity index (χ0n) is 17.2. The van der Waals surface area contributed by atoms with Crippen LogP contribution in [0.5, 0.6) is 11.5 Å². The van der Waals surface area contributed by atoms with Crippen LogP contribution in [-0.2, 0) is 0 Å². The van der Waals surface area contributed by atoms with Crippen molar-refractivity contribution in [3.63, 3.8) is 0 Å². The van der Waals surface area contributed by atoms with Gasteiger partial charge in [0.2, 0.25) is 0 Å². The van der Waals surface area contributed by atoms with Gasteiger partial charge in [-0.25, -0.2) is 4.99 Å². The number of alkyl halides is 1. The van der Waals surface area contributed by atoms with Gasteiger partial charge in [-0.3, -0.25) is 0 Å².